The highest BCUT2D eigenvalue weighted by Gasteiger charge is 2.13. The van der Waals surface area contributed by atoms with Gasteiger partial charge in [-0.1, -0.05) is 36.4 Å². The van der Waals surface area contributed by atoms with E-state index in [1.165, 1.54) is 12.1 Å². The number of carbonyl (C=O) groups excluding carboxylic acids is 1. The first-order chi connectivity index (χ1) is 13.5. The molecule has 6 heteroatoms. The van der Waals surface area contributed by atoms with Crippen LogP contribution in [0.25, 0.3) is 6.08 Å². The summed E-state index contributed by atoms with van der Waals surface area (Å²) in [6.07, 6.45) is 6.46. The monoisotopic (exact) mass is 374 g/mol. The van der Waals surface area contributed by atoms with Gasteiger partial charge in [-0.05, 0) is 31.2 Å². The van der Waals surface area contributed by atoms with Gasteiger partial charge in [-0.3, -0.25) is 19.9 Å². The molecule has 0 aliphatic rings. The molecular weight excluding hydrogens is 356 g/mol. The van der Waals surface area contributed by atoms with Crippen LogP contribution in [-0.2, 0) is 6.61 Å². The molecule has 0 N–H and O–H groups in total. The van der Waals surface area contributed by atoms with Crippen molar-refractivity contribution in [2.75, 3.05) is 0 Å². The molecule has 0 saturated carbocycles. The third-order valence-electron chi connectivity index (χ3n) is 4.14. The van der Waals surface area contributed by atoms with Gasteiger partial charge in [0.25, 0.3) is 5.69 Å². The zero-order valence-electron chi connectivity index (χ0n) is 15.2. The van der Waals surface area contributed by atoms with Crippen LogP contribution >= 0.6 is 0 Å². The smallest absolute Gasteiger partial charge is 0.273 e. The quantitative estimate of drug-likeness (QED) is 0.257. The number of aromatic nitrogens is 1. The number of hydrogen-bond acceptors (Lipinski definition) is 5. The molecule has 0 atom stereocenters. The molecular formula is C22H18N2O4. The molecule has 0 aliphatic heterocycles. The summed E-state index contributed by atoms with van der Waals surface area (Å²) in [5.74, 6) is 0.315. The molecule has 0 spiro atoms. The Kier molecular flexibility index (Phi) is 5.91. The lowest BCUT2D eigenvalue weighted by Crippen LogP contribution is -1.99. The van der Waals surface area contributed by atoms with Gasteiger partial charge in [0.15, 0.2) is 5.78 Å². The Labute approximate surface area is 162 Å². The Morgan fingerprint density at radius 3 is 2.75 bits per heavy atom. The minimum absolute atomic E-state index is 0.0699. The summed E-state index contributed by atoms with van der Waals surface area (Å²) < 4.78 is 5.84. The number of benzene rings is 2. The number of nitro groups is 1. The first-order valence-corrected chi connectivity index (χ1v) is 8.63. The zero-order valence-corrected chi connectivity index (χ0v) is 15.2. The average Bonchev–Trinajstić information content (AvgIpc) is 2.72. The maximum atomic E-state index is 12.4. The van der Waals surface area contributed by atoms with Crippen LogP contribution in [0.1, 0.15) is 27.0 Å². The Morgan fingerprint density at radius 1 is 1.18 bits per heavy atom. The second-order valence-corrected chi connectivity index (χ2v) is 6.14. The molecule has 0 saturated heterocycles. The molecule has 3 aromatic rings. The molecule has 0 unspecified atom stereocenters. The van der Waals surface area contributed by atoms with E-state index in [1.54, 1.807) is 37.5 Å². The second kappa shape index (κ2) is 8.73. The minimum atomic E-state index is -0.489. The number of carbonyl (C=O) groups is 1. The number of allylic oxidation sites excluding steroid dienone is 1. The van der Waals surface area contributed by atoms with E-state index in [0.717, 1.165) is 11.1 Å². The number of para-hydroxylation sites is 1. The molecule has 1 heterocycles. The van der Waals surface area contributed by atoms with E-state index in [2.05, 4.69) is 4.98 Å². The molecule has 2 aromatic carbocycles. The van der Waals surface area contributed by atoms with Gasteiger partial charge in [0, 0.05) is 40.7 Å². The molecule has 0 radical (unpaired) electrons. The van der Waals surface area contributed by atoms with Crippen molar-refractivity contribution in [2.45, 2.75) is 13.5 Å². The average molecular weight is 374 g/mol. The summed E-state index contributed by atoms with van der Waals surface area (Å²) in [5.41, 5.74) is 2.38. The van der Waals surface area contributed by atoms with Crippen LogP contribution in [0.3, 0.4) is 0 Å². The SMILES string of the molecule is Cc1ccc(C(=O)/C=C/c2ccccc2OCc2cccnc2)cc1[N+](=O)[O-]. The van der Waals surface area contributed by atoms with Crippen LogP contribution in [0.2, 0.25) is 0 Å². The number of aryl methyl sites for hydroxylation is 1. The minimum Gasteiger partial charge on any atom is -0.488 e. The van der Waals surface area contributed by atoms with Crippen LogP contribution in [0.15, 0.2) is 73.1 Å². The maximum Gasteiger partial charge on any atom is 0.273 e. The van der Waals surface area contributed by atoms with Crippen LogP contribution in [-0.4, -0.2) is 15.7 Å². The number of hydrogen-bond donors (Lipinski definition) is 0. The summed E-state index contributed by atoms with van der Waals surface area (Å²) in [4.78, 5) is 27.1. The van der Waals surface area contributed by atoms with Crippen molar-refractivity contribution < 1.29 is 14.5 Å². The molecule has 140 valence electrons. The number of pyridine rings is 1. The number of nitro benzene ring substituents is 1. The number of ketones is 1. The van der Waals surface area contributed by atoms with Crippen LogP contribution < -0.4 is 4.74 Å². The predicted molar refractivity (Wildman–Crippen MR) is 106 cm³/mol. The fraction of sp³-hybridized carbons (Fsp3) is 0.0909. The van der Waals surface area contributed by atoms with Crippen LogP contribution in [0.5, 0.6) is 5.75 Å². The fourth-order valence-corrected chi connectivity index (χ4v) is 2.62. The Bertz CT molecular complexity index is 1030. The second-order valence-electron chi connectivity index (χ2n) is 6.14. The number of ether oxygens (including phenoxy) is 1. The third-order valence-corrected chi connectivity index (χ3v) is 4.14. The van der Waals surface area contributed by atoms with E-state index in [0.29, 0.717) is 17.9 Å². The van der Waals surface area contributed by atoms with Crippen LogP contribution in [0, 0.1) is 17.0 Å². The predicted octanol–water partition coefficient (Wildman–Crippen LogP) is 4.77. The standard InChI is InChI=1S/C22H18N2O4/c1-16-8-9-19(13-20(16)24(26)27)21(25)11-10-18-6-2-3-7-22(18)28-15-17-5-4-12-23-14-17/h2-14H,15H2,1H3/b11-10+. The molecule has 0 fully saturated rings. The molecule has 1 aromatic heterocycles. The van der Waals surface area contributed by atoms with Crippen molar-refractivity contribution in [2.24, 2.45) is 0 Å². The van der Waals surface area contributed by atoms with E-state index >= 15 is 0 Å². The van der Waals surface area contributed by atoms with Gasteiger partial charge in [-0.25, -0.2) is 0 Å². The summed E-state index contributed by atoms with van der Waals surface area (Å²) >= 11 is 0. The normalized spacial score (nSPS) is 10.8. The molecule has 0 bridgehead atoms. The molecule has 3 rings (SSSR count). The summed E-state index contributed by atoms with van der Waals surface area (Å²) in [6.45, 7) is 1.99. The van der Waals surface area contributed by atoms with E-state index in [-0.39, 0.29) is 17.0 Å². The van der Waals surface area contributed by atoms with Gasteiger partial charge in [-0.15, -0.1) is 0 Å². The van der Waals surface area contributed by atoms with E-state index in [4.69, 9.17) is 4.74 Å². The lowest BCUT2D eigenvalue weighted by Gasteiger charge is -2.09. The van der Waals surface area contributed by atoms with Gasteiger partial charge >= 0.3 is 0 Å². The molecule has 0 amide bonds. The van der Waals surface area contributed by atoms with Crippen LogP contribution in [0.4, 0.5) is 5.69 Å². The van der Waals surface area contributed by atoms with Crippen molar-refractivity contribution in [1.29, 1.82) is 0 Å². The first-order valence-electron chi connectivity index (χ1n) is 8.63. The highest BCUT2D eigenvalue weighted by atomic mass is 16.6. The van der Waals surface area contributed by atoms with E-state index < -0.39 is 4.92 Å². The Hall–Kier alpha value is -3.80. The summed E-state index contributed by atoms with van der Waals surface area (Å²) in [5, 5.41) is 11.1. The van der Waals surface area contributed by atoms with E-state index in [1.807, 2.05) is 36.4 Å². The van der Waals surface area contributed by atoms with Gasteiger partial charge < -0.3 is 4.74 Å². The van der Waals surface area contributed by atoms with Crippen molar-refractivity contribution in [1.82, 2.24) is 4.98 Å². The lowest BCUT2D eigenvalue weighted by molar-refractivity contribution is -0.385. The maximum absolute atomic E-state index is 12.4. The van der Waals surface area contributed by atoms with E-state index in [9.17, 15) is 14.9 Å². The zero-order chi connectivity index (χ0) is 19.9. The first kappa shape index (κ1) is 19.0. The summed E-state index contributed by atoms with van der Waals surface area (Å²) in [7, 11) is 0. The topological polar surface area (TPSA) is 82.3 Å². The highest BCUT2D eigenvalue weighted by Crippen LogP contribution is 2.22. The van der Waals surface area contributed by atoms with Gasteiger partial charge in [0.2, 0.25) is 0 Å². The molecule has 28 heavy (non-hydrogen) atoms. The molecule has 6 nitrogen and oxygen atoms in total. The summed E-state index contributed by atoms with van der Waals surface area (Å²) in [6, 6.07) is 15.6. The van der Waals surface area contributed by atoms with Crippen molar-refractivity contribution in [3.63, 3.8) is 0 Å². The fourth-order valence-electron chi connectivity index (χ4n) is 2.62. The highest BCUT2D eigenvalue weighted by molar-refractivity contribution is 6.07. The van der Waals surface area contributed by atoms with Gasteiger partial charge in [0.05, 0.1) is 4.92 Å². The van der Waals surface area contributed by atoms with Gasteiger partial charge in [-0.2, -0.15) is 0 Å². The van der Waals surface area contributed by atoms with Gasteiger partial charge in [0.1, 0.15) is 12.4 Å². The lowest BCUT2D eigenvalue weighted by atomic mass is 10.1. The molecule has 0 aliphatic carbocycles. The Morgan fingerprint density at radius 2 is 2.00 bits per heavy atom. The Balaban J connectivity index is 1.76. The largest absolute Gasteiger partial charge is 0.488 e. The van der Waals surface area contributed by atoms with Crippen molar-refractivity contribution in [3.8, 4) is 5.75 Å². The third kappa shape index (κ3) is 4.67. The van der Waals surface area contributed by atoms with Crippen molar-refractivity contribution in [3.05, 3.63) is 105 Å². The number of nitrogens with zero attached hydrogens (tertiary/aromatic N) is 2. The van der Waals surface area contributed by atoms with Crippen molar-refractivity contribution >= 4 is 17.5 Å². The number of rotatable bonds is 7.